The minimum atomic E-state index is 0.101. The number of carbonyl (C=O) groups excluding carboxylic acids is 1. The number of carbonyl (C=O) groups is 1. The Balaban J connectivity index is 1.99. The molecule has 0 fully saturated rings. The molecule has 4 heteroatoms. The van der Waals surface area contributed by atoms with Crippen LogP contribution in [0.5, 0.6) is 0 Å². The maximum absolute atomic E-state index is 11.9. The topological polar surface area (TPSA) is 29.1 Å². The van der Waals surface area contributed by atoms with E-state index < -0.39 is 0 Å². The second-order valence-electron chi connectivity index (χ2n) is 4.42. The van der Waals surface area contributed by atoms with Crippen LogP contribution in [-0.2, 0) is 12.8 Å². The Morgan fingerprint density at radius 3 is 3.00 bits per heavy atom. The lowest BCUT2D eigenvalue weighted by atomic mass is 10.1. The fraction of sp³-hybridized carbons (Fsp3) is 0.615. The van der Waals surface area contributed by atoms with Crippen LogP contribution < -0.4 is 5.32 Å². The Bertz CT molecular complexity index is 365. The fourth-order valence-electron chi connectivity index (χ4n) is 2.14. The molecule has 1 heterocycles. The van der Waals surface area contributed by atoms with E-state index in [4.69, 9.17) is 0 Å². The van der Waals surface area contributed by atoms with Gasteiger partial charge in [-0.15, -0.1) is 11.3 Å². The number of alkyl halides is 1. The van der Waals surface area contributed by atoms with Crippen LogP contribution in [0.25, 0.3) is 0 Å². The SMILES string of the molecule is O=C(NCCCBr)c1cc2c(s1)CCCCC2. The van der Waals surface area contributed by atoms with Crippen LogP contribution in [0.3, 0.4) is 0 Å². The molecule has 94 valence electrons. The van der Waals surface area contributed by atoms with Gasteiger partial charge >= 0.3 is 0 Å². The third-order valence-corrected chi connectivity index (χ3v) is 4.86. The lowest BCUT2D eigenvalue weighted by Gasteiger charge is -2.00. The Hall–Kier alpha value is -0.350. The van der Waals surface area contributed by atoms with Crippen LogP contribution in [0.15, 0.2) is 6.07 Å². The van der Waals surface area contributed by atoms with Crippen molar-refractivity contribution in [2.45, 2.75) is 38.5 Å². The molecule has 1 aliphatic rings. The Labute approximate surface area is 115 Å². The predicted molar refractivity (Wildman–Crippen MR) is 76.3 cm³/mol. The number of aryl methyl sites for hydroxylation is 2. The summed E-state index contributed by atoms with van der Waals surface area (Å²) in [6.07, 6.45) is 7.17. The van der Waals surface area contributed by atoms with Gasteiger partial charge in [-0.3, -0.25) is 4.79 Å². The molecule has 0 aromatic carbocycles. The van der Waals surface area contributed by atoms with Crippen molar-refractivity contribution >= 4 is 33.2 Å². The maximum atomic E-state index is 11.9. The van der Waals surface area contributed by atoms with Crippen molar-refractivity contribution < 1.29 is 4.79 Å². The molecule has 0 aliphatic heterocycles. The average Bonchev–Trinajstić information content (AvgIpc) is 2.61. The van der Waals surface area contributed by atoms with Gasteiger partial charge in [-0.25, -0.2) is 0 Å². The van der Waals surface area contributed by atoms with Crippen molar-refractivity contribution in [3.05, 3.63) is 21.4 Å². The Morgan fingerprint density at radius 2 is 2.18 bits per heavy atom. The highest BCUT2D eigenvalue weighted by atomic mass is 79.9. The van der Waals surface area contributed by atoms with E-state index in [9.17, 15) is 4.79 Å². The third-order valence-electron chi connectivity index (χ3n) is 3.07. The highest BCUT2D eigenvalue weighted by Gasteiger charge is 2.15. The quantitative estimate of drug-likeness (QED) is 0.514. The van der Waals surface area contributed by atoms with E-state index in [0.29, 0.717) is 0 Å². The van der Waals surface area contributed by atoms with Crippen molar-refractivity contribution in [2.75, 3.05) is 11.9 Å². The monoisotopic (exact) mass is 315 g/mol. The van der Waals surface area contributed by atoms with Crippen LogP contribution in [0, 0.1) is 0 Å². The zero-order valence-electron chi connectivity index (χ0n) is 9.93. The highest BCUT2D eigenvalue weighted by Crippen LogP contribution is 2.28. The van der Waals surface area contributed by atoms with Crippen LogP contribution in [0.4, 0.5) is 0 Å². The van der Waals surface area contributed by atoms with Crippen molar-refractivity contribution in [1.82, 2.24) is 5.32 Å². The molecule has 0 saturated heterocycles. The van der Waals surface area contributed by atoms with Gasteiger partial charge in [0.1, 0.15) is 0 Å². The van der Waals surface area contributed by atoms with E-state index in [0.717, 1.165) is 36.0 Å². The smallest absolute Gasteiger partial charge is 0.261 e. The van der Waals surface area contributed by atoms with Gasteiger partial charge in [0.15, 0.2) is 0 Å². The van der Waals surface area contributed by atoms with Gasteiger partial charge in [0.25, 0.3) is 5.91 Å². The van der Waals surface area contributed by atoms with Crippen LogP contribution in [0.2, 0.25) is 0 Å². The van der Waals surface area contributed by atoms with E-state index in [1.165, 1.54) is 29.7 Å². The molecule has 0 bridgehead atoms. The largest absolute Gasteiger partial charge is 0.351 e. The molecule has 1 N–H and O–H groups in total. The fourth-order valence-corrected chi connectivity index (χ4v) is 3.59. The molecule has 2 nitrogen and oxygen atoms in total. The lowest BCUT2D eigenvalue weighted by molar-refractivity contribution is 0.0958. The molecule has 0 spiro atoms. The zero-order chi connectivity index (χ0) is 12.1. The third kappa shape index (κ3) is 3.55. The molecule has 0 radical (unpaired) electrons. The lowest BCUT2D eigenvalue weighted by Crippen LogP contribution is -2.23. The van der Waals surface area contributed by atoms with Crippen molar-refractivity contribution in [3.63, 3.8) is 0 Å². The molecular weight excluding hydrogens is 298 g/mol. The number of rotatable bonds is 4. The molecule has 0 unspecified atom stereocenters. The van der Waals surface area contributed by atoms with Gasteiger partial charge in [-0.05, 0) is 43.7 Å². The van der Waals surface area contributed by atoms with Gasteiger partial charge < -0.3 is 5.32 Å². The second kappa shape index (κ2) is 6.55. The van der Waals surface area contributed by atoms with E-state index in [1.807, 2.05) is 0 Å². The van der Waals surface area contributed by atoms with Crippen molar-refractivity contribution in [3.8, 4) is 0 Å². The molecule has 1 aliphatic carbocycles. The van der Waals surface area contributed by atoms with Crippen molar-refractivity contribution in [2.24, 2.45) is 0 Å². The number of halogens is 1. The Kier molecular flexibility index (Phi) is 5.04. The van der Waals surface area contributed by atoms with Crippen LogP contribution in [-0.4, -0.2) is 17.8 Å². The van der Waals surface area contributed by atoms with E-state index in [1.54, 1.807) is 11.3 Å². The van der Waals surface area contributed by atoms with Gasteiger partial charge in [0.05, 0.1) is 4.88 Å². The zero-order valence-corrected chi connectivity index (χ0v) is 12.3. The van der Waals surface area contributed by atoms with E-state index in [2.05, 4.69) is 27.3 Å². The summed E-state index contributed by atoms with van der Waals surface area (Å²) in [6, 6.07) is 2.11. The summed E-state index contributed by atoms with van der Waals surface area (Å²) in [5.41, 5.74) is 1.41. The number of nitrogens with one attached hydrogen (secondary N) is 1. The van der Waals surface area contributed by atoms with E-state index >= 15 is 0 Å². The number of hydrogen-bond acceptors (Lipinski definition) is 2. The van der Waals surface area contributed by atoms with Gasteiger partial charge in [0.2, 0.25) is 0 Å². The standard InChI is InChI=1S/C13H18BrNOS/c14-7-4-8-15-13(16)12-9-10-5-2-1-3-6-11(10)17-12/h9H,1-8H2,(H,15,16). The summed E-state index contributed by atoms with van der Waals surface area (Å²) in [6.45, 7) is 0.757. The van der Waals surface area contributed by atoms with Crippen LogP contribution in [0.1, 0.15) is 45.8 Å². The number of amides is 1. The molecule has 2 rings (SSSR count). The number of fused-ring (bicyclic) bond motifs is 1. The maximum Gasteiger partial charge on any atom is 0.261 e. The first-order valence-electron chi connectivity index (χ1n) is 6.27. The van der Waals surface area contributed by atoms with Crippen molar-refractivity contribution in [1.29, 1.82) is 0 Å². The first-order valence-corrected chi connectivity index (χ1v) is 8.21. The molecule has 1 aromatic heterocycles. The Morgan fingerprint density at radius 1 is 1.35 bits per heavy atom. The van der Waals surface area contributed by atoms with Crippen LogP contribution >= 0.6 is 27.3 Å². The highest BCUT2D eigenvalue weighted by molar-refractivity contribution is 9.09. The first-order chi connectivity index (χ1) is 8.31. The predicted octanol–water partition coefficient (Wildman–Crippen LogP) is 3.53. The minimum Gasteiger partial charge on any atom is -0.351 e. The molecule has 0 atom stereocenters. The van der Waals surface area contributed by atoms with Gasteiger partial charge in [-0.2, -0.15) is 0 Å². The first kappa shape index (κ1) is 13.1. The molecular formula is C13H18BrNOS. The number of hydrogen-bond donors (Lipinski definition) is 1. The summed E-state index contributed by atoms with van der Waals surface area (Å²) in [7, 11) is 0. The molecule has 1 amide bonds. The average molecular weight is 316 g/mol. The van der Waals surface area contributed by atoms with Gasteiger partial charge in [-0.1, -0.05) is 22.4 Å². The van der Waals surface area contributed by atoms with E-state index in [-0.39, 0.29) is 5.91 Å². The molecule has 1 aromatic rings. The number of thiophene rings is 1. The summed E-state index contributed by atoms with van der Waals surface area (Å²) in [5.74, 6) is 0.101. The summed E-state index contributed by atoms with van der Waals surface area (Å²) in [4.78, 5) is 14.2. The normalized spacial score (nSPS) is 15.1. The minimum absolute atomic E-state index is 0.101. The second-order valence-corrected chi connectivity index (χ2v) is 6.35. The summed E-state index contributed by atoms with van der Waals surface area (Å²) in [5, 5.41) is 3.90. The summed E-state index contributed by atoms with van der Waals surface area (Å²) < 4.78 is 0. The summed E-state index contributed by atoms with van der Waals surface area (Å²) >= 11 is 5.05. The van der Waals surface area contributed by atoms with Gasteiger partial charge in [0, 0.05) is 16.8 Å². The molecule has 17 heavy (non-hydrogen) atoms. The molecule has 0 saturated carbocycles.